The van der Waals surface area contributed by atoms with Gasteiger partial charge in [-0.25, -0.2) is 4.79 Å². The minimum absolute atomic E-state index is 0.232. The fourth-order valence-corrected chi connectivity index (χ4v) is 3.60. The van der Waals surface area contributed by atoms with Gasteiger partial charge in [0.15, 0.2) is 0 Å². The van der Waals surface area contributed by atoms with Crippen LogP contribution in [0.25, 0.3) is 0 Å². The second-order valence-corrected chi connectivity index (χ2v) is 7.43. The highest BCUT2D eigenvalue weighted by molar-refractivity contribution is 5.81. The van der Waals surface area contributed by atoms with Crippen molar-refractivity contribution < 1.29 is 9.53 Å². The van der Waals surface area contributed by atoms with E-state index < -0.39 is 0 Å². The minimum atomic E-state index is -0.367. The Labute approximate surface area is 168 Å². The summed E-state index contributed by atoms with van der Waals surface area (Å²) in [5, 5.41) is 0. The molecule has 0 N–H and O–H groups in total. The monoisotopic (exact) mass is 378 g/mol. The van der Waals surface area contributed by atoms with Crippen LogP contribution in [-0.2, 0) is 9.53 Å². The molecule has 4 nitrogen and oxygen atoms in total. The number of ether oxygens (including phenoxy) is 1. The summed E-state index contributed by atoms with van der Waals surface area (Å²) < 4.78 is 5.60. The van der Waals surface area contributed by atoms with Crippen molar-refractivity contribution in [1.82, 2.24) is 4.90 Å². The Morgan fingerprint density at radius 2 is 1.79 bits per heavy atom. The van der Waals surface area contributed by atoms with Crippen molar-refractivity contribution in [3.05, 3.63) is 77.9 Å². The summed E-state index contributed by atoms with van der Waals surface area (Å²) in [7, 11) is 0. The number of esters is 1. The Morgan fingerprint density at radius 1 is 1.07 bits per heavy atom. The molecule has 0 amide bonds. The van der Waals surface area contributed by atoms with E-state index in [0.29, 0.717) is 0 Å². The molecule has 1 aliphatic rings. The Bertz CT molecular complexity index is 796. The second kappa shape index (κ2) is 9.56. The fourth-order valence-electron chi connectivity index (χ4n) is 3.60. The van der Waals surface area contributed by atoms with Crippen molar-refractivity contribution in [2.45, 2.75) is 26.4 Å². The van der Waals surface area contributed by atoms with Gasteiger partial charge in [-0.2, -0.15) is 0 Å². The van der Waals surface area contributed by atoms with E-state index in [2.05, 4.69) is 48.4 Å². The summed E-state index contributed by atoms with van der Waals surface area (Å²) in [6.45, 7) is 12.8. The van der Waals surface area contributed by atoms with E-state index in [-0.39, 0.29) is 12.1 Å². The smallest absolute Gasteiger partial charge is 0.330 e. The van der Waals surface area contributed by atoms with Crippen molar-refractivity contribution in [3.8, 4) is 0 Å². The van der Waals surface area contributed by atoms with Crippen LogP contribution in [0, 0.1) is 13.8 Å². The summed E-state index contributed by atoms with van der Waals surface area (Å²) in [6, 6.07) is 16.7. The molecule has 3 rings (SSSR count). The van der Waals surface area contributed by atoms with Gasteiger partial charge in [-0.15, -0.1) is 0 Å². The average molecular weight is 379 g/mol. The minimum Gasteiger partial charge on any atom is -0.454 e. The van der Waals surface area contributed by atoms with E-state index in [4.69, 9.17) is 4.74 Å². The molecule has 4 heteroatoms. The summed E-state index contributed by atoms with van der Waals surface area (Å²) in [6.07, 6.45) is 1.79. The number of nitrogens with zero attached hydrogens (tertiary/aromatic N) is 2. The number of carbonyl (C=O) groups is 1. The molecule has 0 radical (unpaired) electrons. The molecule has 2 aromatic carbocycles. The number of aryl methyl sites for hydroxylation is 2. The summed E-state index contributed by atoms with van der Waals surface area (Å²) in [5.41, 5.74) is 5.02. The lowest BCUT2D eigenvalue weighted by Gasteiger charge is -2.36. The molecule has 1 fully saturated rings. The van der Waals surface area contributed by atoms with Gasteiger partial charge in [-0.05, 0) is 42.7 Å². The lowest BCUT2D eigenvalue weighted by molar-refractivity contribution is -0.143. The Morgan fingerprint density at radius 3 is 2.43 bits per heavy atom. The van der Waals surface area contributed by atoms with Gasteiger partial charge >= 0.3 is 5.97 Å². The van der Waals surface area contributed by atoms with Crippen LogP contribution >= 0.6 is 0 Å². The molecular formula is C24H30N2O2. The number of hydrogen-bond acceptors (Lipinski definition) is 4. The third-order valence-electron chi connectivity index (χ3n) is 5.53. The maximum atomic E-state index is 11.7. The zero-order chi connectivity index (χ0) is 19.9. The Balaban J connectivity index is 1.54. The number of piperazine rings is 1. The van der Waals surface area contributed by atoms with E-state index in [1.54, 1.807) is 0 Å². The highest BCUT2D eigenvalue weighted by atomic mass is 16.5. The zero-order valence-corrected chi connectivity index (χ0v) is 16.9. The maximum absolute atomic E-state index is 11.7. The molecule has 28 heavy (non-hydrogen) atoms. The molecule has 1 saturated heterocycles. The molecule has 0 saturated carbocycles. The van der Waals surface area contributed by atoms with Crippen LogP contribution in [0.3, 0.4) is 0 Å². The first-order valence-electron chi connectivity index (χ1n) is 9.99. The SMILES string of the molecule is C=CC(=O)OC(CCN1CCN(c2ccc(C)c(C)c2)CC1)c1ccccc1. The molecule has 0 bridgehead atoms. The predicted molar refractivity (Wildman–Crippen MR) is 115 cm³/mol. The molecule has 0 spiro atoms. The second-order valence-electron chi connectivity index (χ2n) is 7.43. The van der Waals surface area contributed by atoms with Crippen LogP contribution in [-0.4, -0.2) is 43.6 Å². The van der Waals surface area contributed by atoms with Gasteiger partial charge in [0.25, 0.3) is 0 Å². The topological polar surface area (TPSA) is 32.8 Å². The van der Waals surface area contributed by atoms with Gasteiger partial charge < -0.3 is 9.64 Å². The van der Waals surface area contributed by atoms with Gasteiger partial charge in [-0.1, -0.05) is 43.0 Å². The largest absolute Gasteiger partial charge is 0.454 e. The summed E-state index contributed by atoms with van der Waals surface area (Å²) in [5.74, 6) is -0.367. The van der Waals surface area contributed by atoms with Gasteiger partial charge in [0, 0.05) is 50.9 Å². The van der Waals surface area contributed by atoms with Crippen molar-refractivity contribution in [2.24, 2.45) is 0 Å². The van der Waals surface area contributed by atoms with Crippen LogP contribution in [0.2, 0.25) is 0 Å². The number of rotatable bonds is 7. The number of hydrogen-bond donors (Lipinski definition) is 0. The van der Waals surface area contributed by atoms with Crippen LogP contribution in [0.15, 0.2) is 61.2 Å². The average Bonchev–Trinajstić information content (AvgIpc) is 2.74. The highest BCUT2D eigenvalue weighted by Crippen LogP contribution is 2.24. The Kier molecular flexibility index (Phi) is 6.88. The molecule has 0 aromatic heterocycles. The molecule has 1 atom stereocenters. The first-order chi connectivity index (χ1) is 13.6. The third-order valence-corrected chi connectivity index (χ3v) is 5.53. The molecular weight excluding hydrogens is 348 g/mol. The zero-order valence-electron chi connectivity index (χ0n) is 16.9. The molecule has 2 aromatic rings. The number of carbonyl (C=O) groups excluding carboxylic acids is 1. The van der Waals surface area contributed by atoms with Crippen LogP contribution in [0.5, 0.6) is 0 Å². The van der Waals surface area contributed by atoms with E-state index in [1.165, 1.54) is 22.9 Å². The van der Waals surface area contributed by atoms with Crippen molar-refractivity contribution >= 4 is 11.7 Å². The molecule has 1 heterocycles. The van der Waals surface area contributed by atoms with Crippen LogP contribution < -0.4 is 4.90 Å². The molecule has 148 valence electrons. The lowest BCUT2D eigenvalue weighted by Crippen LogP contribution is -2.46. The van der Waals surface area contributed by atoms with E-state index in [1.807, 2.05) is 30.3 Å². The van der Waals surface area contributed by atoms with Gasteiger partial charge in [-0.3, -0.25) is 4.90 Å². The van der Waals surface area contributed by atoms with Crippen molar-refractivity contribution in [3.63, 3.8) is 0 Å². The standard InChI is InChI=1S/C24H30N2O2/c1-4-24(27)28-23(21-8-6-5-7-9-21)12-13-25-14-16-26(17-15-25)22-11-10-19(2)20(3)18-22/h4-11,18,23H,1,12-17H2,2-3H3. The summed E-state index contributed by atoms with van der Waals surface area (Å²) >= 11 is 0. The maximum Gasteiger partial charge on any atom is 0.330 e. The normalized spacial score (nSPS) is 15.9. The molecule has 0 aliphatic carbocycles. The number of anilines is 1. The lowest BCUT2D eigenvalue weighted by atomic mass is 10.1. The van der Waals surface area contributed by atoms with E-state index in [0.717, 1.165) is 44.7 Å². The van der Waals surface area contributed by atoms with Crippen molar-refractivity contribution in [2.75, 3.05) is 37.6 Å². The third kappa shape index (κ3) is 5.23. The predicted octanol–water partition coefficient (Wildman–Crippen LogP) is 4.29. The molecule has 1 unspecified atom stereocenters. The fraction of sp³-hybridized carbons (Fsp3) is 0.375. The quantitative estimate of drug-likeness (QED) is 0.532. The first kappa shape index (κ1) is 20.2. The van der Waals surface area contributed by atoms with Crippen LogP contribution in [0.1, 0.15) is 29.2 Å². The Hall–Kier alpha value is -2.59. The summed E-state index contributed by atoms with van der Waals surface area (Å²) in [4.78, 5) is 16.6. The first-order valence-corrected chi connectivity index (χ1v) is 9.99. The number of benzene rings is 2. The van der Waals surface area contributed by atoms with Crippen molar-refractivity contribution in [1.29, 1.82) is 0 Å². The van der Waals surface area contributed by atoms with Gasteiger partial charge in [0.2, 0.25) is 0 Å². The van der Waals surface area contributed by atoms with Gasteiger partial charge in [0.05, 0.1) is 0 Å². The van der Waals surface area contributed by atoms with E-state index in [9.17, 15) is 4.79 Å². The molecule has 1 aliphatic heterocycles. The van der Waals surface area contributed by atoms with Gasteiger partial charge in [0.1, 0.15) is 6.10 Å². The van der Waals surface area contributed by atoms with E-state index >= 15 is 0 Å². The van der Waals surface area contributed by atoms with Crippen LogP contribution in [0.4, 0.5) is 5.69 Å². The highest BCUT2D eigenvalue weighted by Gasteiger charge is 2.21.